The van der Waals surface area contributed by atoms with Crippen LogP contribution >= 0.6 is 0 Å². The number of nitro benzene ring substituents is 1. The third-order valence-electron chi connectivity index (χ3n) is 3.24. The number of hydrogen-bond acceptors (Lipinski definition) is 6. The van der Waals surface area contributed by atoms with Gasteiger partial charge in [0.1, 0.15) is 18.0 Å². The first-order valence-electron chi connectivity index (χ1n) is 7.31. The van der Waals surface area contributed by atoms with Crippen molar-refractivity contribution >= 4 is 17.7 Å². The van der Waals surface area contributed by atoms with Gasteiger partial charge in [0.05, 0.1) is 4.92 Å². The standard InChI is InChI=1S/C17H13N3O5/c21-17(25-14-4-2-1-3-5-14)19-11-10-18-16(12-19)24-15-8-6-13(7-9-15)20(22)23/h1-11H,12H2. The molecule has 1 aliphatic heterocycles. The number of hydrogen-bond donors (Lipinski definition) is 0. The molecule has 0 N–H and O–H groups in total. The van der Waals surface area contributed by atoms with Crippen LogP contribution in [0, 0.1) is 10.1 Å². The largest absolute Gasteiger partial charge is 0.441 e. The van der Waals surface area contributed by atoms with Crippen LogP contribution in [0.3, 0.4) is 0 Å². The highest BCUT2D eigenvalue weighted by Gasteiger charge is 2.20. The minimum atomic E-state index is -0.567. The van der Waals surface area contributed by atoms with Gasteiger partial charge >= 0.3 is 6.09 Å². The van der Waals surface area contributed by atoms with Crippen molar-refractivity contribution in [3.8, 4) is 11.5 Å². The summed E-state index contributed by atoms with van der Waals surface area (Å²) < 4.78 is 10.8. The molecule has 2 aromatic carbocycles. The van der Waals surface area contributed by atoms with E-state index in [0.717, 1.165) is 0 Å². The van der Waals surface area contributed by atoms with E-state index < -0.39 is 11.0 Å². The van der Waals surface area contributed by atoms with Crippen LogP contribution in [0.4, 0.5) is 10.5 Å². The highest BCUT2D eigenvalue weighted by Crippen LogP contribution is 2.18. The third-order valence-corrected chi connectivity index (χ3v) is 3.24. The molecule has 0 spiro atoms. The molecule has 0 unspecified atom stereocenters. The number of benzene rings is 2. The van der Waals surface area contributed by atoms with Crippen molar-refractivity contribution in [3.05, 3.63) is 77.1 Å². The lowest BCUT2D eigenvalue weighted by Crippen LogP contribution is -2.36. The SMILES string of the molecule is O=C(Oc1ccccc1)N1C=CN=C(Oc2ccc([N+](=O)[O-])cc2)C1. The number of ether oxygens (including phenoxy) is 2. The number of nitro groups is 1. The molecule has 0 fully saturated rings. The summed E-state index contributed by atoms with van der Waals surface area (Å²) >= 11 is 0. The first-order chi connectivity index (χ1) is 12.1. The second-order valence-electron chi connectivity index (χ2n) is 4.98. The van der Waals surface area contributed by atoms with E-state index in [1.54, 1.807) is 24.3 Å². The molecule has 0 bridgehead atoms. The Hall–Kier alpha value is -3.68. The molecular weight excluding hydrogens is 326 g/mol. The van der Waals surface area contributed by atoms with E-state index in [1.807, 2.05) is 6.07 Å². The lowest BCUT2D eigenvalue weighted by atomic mass is 10.3. The van der Waals surface area contributed by atoms with Crippen molar-refractivity contribution in [2.75, 3.05) is 6.54 Å². The molecule has 126 valence electrons. The van der Waals surface area contributed by atoms with E-state index in [0.29, 0.717) is 11.5 Å². The topological polar surface area (TPSA) is 94.3 Å². The fourth-order valence-electron chi connectivity index (χ4n) is 2.04. The Bertz CT molecular complexity index is 831. The van der Waals surface area contributed by atoms with Crippen molar-refractivity contribution in [1.29, 1.82) is 0 Å². The molecule has 2 aromatic rings. The summed E-state index contributed by atoms with van der Waals surface area (Å²) in [6.45, 7) is 0.0825. The van der Waals surface area contributed by atoms with Crippen molar-refractivity contribution < 1.29 is 19.2 Å². The zero-order chi connectivity index (χ0) is 17.6. The summed E-state index contributed by atoms with van der Waals surface area (Å²) in [7, 11) is 0. The summed E-state index contributed by atoms with van der Waals surface area (Å²) in [5.41, 5.74) is -0.0362. The molecule has 1 aliphatic rings. The molecule has 0 aromatic heterocycles. The first kappa shape index (κ1) is 16.2. The molecule has 0 aliphatic carbocycles. The molecule has 1 amide bonds. The maximum absolute atomic E-state index is 12.2. The van der Waals surface area contributed by atoms with Crippen LogP contribution < -0.4 is 9.47 Å². The molecule has 25 heavy (non-hydrogen) atoms. The van der Waals surface area contributed by atoms with Crippen LogP contribution in [0.1, 0.15) is 0 Å². The van der Waals surface area contributed by atoms with Gasteiger partial charge in [0.25, 0.3) is 5.69 Å². The van der Waals surface area contributed by atoms with E-state index in [1.165, 1.54) is 41.6 Å². The number of para-hydroxylation sites is 1. The van der Waals surface area contributed by atoms with Gasteiger partial charge in [-0.1, -0.05) is 18.2 Å². The third kappa shape index (κ3) is 4.20. The van der Waals surface area contributed by atoms with Crippen molar-refractivity contribution in [3.63, 3.8) is 0 Å². The normalized spacial score (nSPS) is 13.1. The van der Waals surface area contributed by atoms with Gasteiger partial charge in [-0.25, -0.2) is 9.79 Å². The zero-order valence-corrected chi connectivity index (χ0v) is 12.9. The monoisotopic (exact) mass is 339 g/mol. The van der Waals surface area contributed by atoms with Crippen LogP contribution in [0.25, 0.3) is 0 Å². The van der Waals surface area contributed by atoms with Crippen molar-refractivity contribution in [1.82, 2.24) is 4.90 Å². The minimum Gasteiger partial charge on any atom is -0.441 e. The molecular formula is C17H13N3O5. The second-order valence-corrected chi connectivity index (χ2v) is 4.98. The molecule has 0 radical (unpaired) electrons. The summed E-state index contributed by atoms with van der Waals surface area (Å²) in [5, 5.41) is 10.6. The van der Waals surface area contributed by atoms with Gasteiger partial charge in [-0.2, -0.15) is 0 Å². The van der Waals surface area contributed by atoms with Crippen LogP contribution in [-0.4, -0.2) is 28.4 Å². The van der Waals surface area contributed by atoms with Crippen LogP contribution in [-0.2, 0) is 0 Å². The molecule has 8 nitrogen and oxygen atoms in total. The number of carbonyl (C=O) groups excluding carboxylic acids is 1. The predicted octanol–water partition coefficient (Wildman–Crippen LogP) is 3.36. The number of carbonyl (C=O) groups is 1. The molecule has 0 atom stereocenters. The van der Waals surface area contributed by atoms with E-state index in [2.05, 4.69) is 4.99 Å². The second kappa shape index (κ2) is 7.26. The van der Waals surface area contributed by atoms with Crippen LogP contribution in [0.2, 0.25) is 0 Å². The Labute approximate surface area is 142 Å². The maximum Gasteiger partial charge on any atom is 0.419 e. The number of aliphatic imine (C=N–C) groups is 1. The summed E-state index contributed by atoms with van der Waals surface area (Å²) in [6, 6.07) is 14.3. The summed E-state index contributed by atoms with van der Waals surface area (Å²) in [5.74, 6) is 1.08. The average Bonchev–Trinajstić information content (AvgIpc) is 2.63. The van der Waals surface area contributed by atoms with E-state index >= 15 is 0 Å². The fourth-order valence-corrected chi connectivity index (χ4v) is 2.04. The Morgan fingerprint density at radius 1 is 1.08 bits per heavy atom. The van der Waals surface area contributed by atoms with Gasteiger partial charge in [0.15, 0.2) is 0 Å². The number of nitrogens with zero attached hydrogens (tertiary/aromatic N) is 3. The molecule has 0 saturated carbocycles. The highest BCUT2D eigenvalue weighted by molar-refractivity contribution is 5.86. The first-order valence-corrected chi connectivity index (χ1v) is 7.31. The Morgan fingerprint density at radius 3 is 2.48 bits per heavy atom. The van der Waals surface area contributed by atoms with Gasteiger partial charge in [-0.15, -0.1) is 0 Å². The fraction of sp³-hybridized carbons (Fsp3) is 0.0588. The van der Waals surface area contributed by atoms with Crippen LogP contribution in [0.15, 0.2) is 72.0 Å². The smallest absolute Gasteiger partial charge is 0.419 e. The van der Waals surface area contributed by atoms with Gasteiger partial charge < -0.3 is 9.47 Å². The maximum atomic E-state index is 12.2. The Balaban J connectivity index is 1.61. The average molecular weight is 339 g/mol. The number of amides is 1. The van der Waals surface area contributed by atoms with Gasteiger partial charge in [-0.3, -0.25) is 15.0 Å². The van der Waals surface area contributed by atoms with Gasteiger partial charge in [0, 0.05) is 24.5 Å². The predicted molar refractivity (Wildman–Crippen MR) is 89.5 cm³/mol. The number of rotatable bonds is 3. The summed E-state index contributed by atoms with van der Waals surface area (Å²) in [6.07, 6.45) is 2.33. The molecule has 1 heterocycles. The summed E-state index contributed by atoms with van der Waals surface area (Å²) in [4.78, 5) is 27.7. The Kier molecular flexibility index (Phi) is 4.70. The van der Waals surface area contributed by atoms with Crippen molar-refractivity contribution in [2.24, 2.45) is 4.99 Å². The quantitative estimate of drug-likeness (QED) is 0.631. The Morgan fingerprint density at radius 2 is 1.80 bits per heavy atom. The number of non-ortho nitro benzene ring substituents is 1. The molecule has 3 rings (SSSR count). The lowest BCUT2D eigenvalue weighted by molar-refractivity contribution is -0.384. The van der Waals surface area contributed by atoms with E-state index in [9.17, 15) is 14.9 Å². The van der Waals surface area contributed by atoms with E-state index in [-0.39, 0.29) is 18.1 Å². The zero-order valence-electron chi connectivity index (χ0n) is 12.9. The highest BCUT2D eigenvalue weighted by atomic mass is 16.6. The molecule has 8 heteroatoms. The van der Waals surface area contributed by atoms with Gasteiger partial charge in [-0.05, 0) is 24.3 Å². The minimum absolute atomic E-state index is 0.0362. The van der Waals surface area contributed by atoms with E-state index in [4.69, 9.17) is 9.47 Å². The van der Waals surface area contributed by atoms with Crippen molar-refractivity contribution in [2.45, 2.75) is 0 Å². The van der Waals surface area contributed by atoms with Gasteiger partial charge in [0.2, 0.25) is 5.90 Å². The lowest BCUT2D eigenvalue weighted by Gasteiger charge is -2.21. The van der Waals surface area contributed by atoms with Crippen LogP contribution in [0.5, 0.6) is 11.5 Å². The molecule has 0 saturated heterocycles.